The topological polar surface area (TPSA) is 46.3 Å². The Bertz CT molecular complexity index is 537. The average Bonchev–Trinajstić information content (AvgIpc) is 2.42. The third-order valence-electron chi connectivity index (χ3n) is 4.28. The lowest BCUT2D eigenvalue weighted by Crippen LogP contribution is -2.54. The van der Waals surface area contributed by atoms with E-state index in [9.17, 15) is 13.6 Å². The maximum absolute atomic E-state index is 13.5. The molecule has 1 amide bonds. The highest BCUT2D eigenvalue weighted by Crippen LogP contribution is 2.28. The fraction of sp³-hybridized carbons (Fsp3) is 0.562. The van der Waals surface area contributed by atoms with Gasteiger partial charge in [-0.1, -0.05) is 13.8 Å². The zero-order valence-corrected chi connectivity index (χ0v) is 13.8. The second-order valence-electron chi connectivity index (χ2n) is 6.43. The van der Waals surface area contributed by atoms with Crippen LogP contribution in [0.4, 0.5) is 8.78 Å². The van der Waals surface area contributed by atoms with Gasteiger partial charge in [0.15, 0.2) is 0 Å². The molecular formula is C16H23ClF2N2O. The first kappa shape index (κ1) is 18.8. The molecule has 2 rings (SSSR count). The first-order chi connectivity index (χ1) is 9.79. The first-order valence-electron chi connectivity index (χ1n) is 7.27. The summed E-state index contributed by atoms with van der Waals surface area (Å²) >= 11 is 0. The van der Waals surface area contributed by atoms with Crippen molar-refractivity contribution in [1.82, 2.24) is 4.90 Å². The van der Waals surface area contributed by atoms with Crippen molar-refractivity contribution in [2.24, 2.45) is 11.1 Å². The zero-order valence-electron chi connectivity index (χ0n) is 12.9. The van der Waals surface area contributed by atoms with Crippen LogP contribution in [0.25, 0.3) is 0 Å². The zero-order chi connectivity index (χ0) is 15.6. The number of carbonyl (C=O) groups is 1. The SMILES string of the molecule is CC1(C)CN(C(=O)CCc2cc(F)ccc2F)CCC1N.Cl. The van der Waals surface area contributed by atoms with Crippen molar-refractivity contribution in [2.75, 3.05) is 13.1 Å². The fourth-order valence-corrected chi connectivity index (χ4v) is 2.72. The van der Waals surface area contributed by atoms with Gasteiger partial charge in [-0.3, -0.25) is 4.79 Å². The molecule has 6 heteroatoms. The molecule has 124 valence electrons. The van der Waals surface area contributed by atoms with Crippen molar-refractivity contribution in [3.8, 4) is 0 Å². The number of aryl methyl sites for hydroxylation is 1. The number of piperidine rings is 1. The maximum Gasteiger partial charge on any atom is 0.222 e. The molecule has 0 bridgehead atoms. The summed E-state index contributed by atoms with van der Waals surface area (Å²) in [6.07, 6.45) is 1.17. The van der Waals surface area contributed by atoms with Crippen LogP contribution in [0.15, 0.2) is 18.2 Å². The van der Waals surface area contributed by atoms with E-state index in [0.717, 1.165) is 24.6 Å². The molecule has 1 aromatic carbocycles. The van der Waals surface area contributed by atoms with Crippen LogP contribution < -0.4 is 5.73 Å². The van der Waals surface area contributed by atoms with E-state index in [0.29, 0.717) is 13.1 Å². The summed E-state index contributed by atoms with van der Waals surface area (Å²) in [6.45, 7) is 5.33. The minimum atomic E-state index is -0.482. The lowest BCUT2D eigenvalue weighted by molar-refractivity contribution is -0.134. The van der Waals surface area contributed by atoms with Crippen LogP contribution in [0.2, 0.25) is 0 Å². The van der Waals surface area contributed by atoms with Gasteiger partial charge in [0.2, 0.25) is 5.91 Å². The normalized spacial score (nSPS) is 20.4. The van der Waals surface area contributed by atoms with E-state index in [-0.39, 0.29) is 48.2 Å². The Morgan fingerprint density at radius 2 is 2.09 bits per heavy atom. The van der Waals surface area contributed by atoms with E-state index in [1.54, 1.807) is 4.90 Å². The standard InChI is InChI=1S/C16H22F2N2O.ClH/c1-16(2)10-20(8-7-14(16)19)15(21)6-3-11-9-12(17)4-5-13(11)18;/h4-5,9,14H,3,6-8,10,19H2,1-2H3;1H. The molecule has 3 nitrogen and oxygen atoms in total. The molecule has 0 aromatic heterocycles. The monoisotopic (exact) mass is 332 g/mol. The lowest BCUT2D eigenvalue weighted by atomic mass is 9.79. The molecule has 1 unspecified atom stereocenters. The molecule has 0 radical (unpaired) electrons. The second kappa shape index (κ2) is 7.38. The number of hydrogen-bond donors (Lipinski definition) is 1. The van der Waals surface area contributed by atoms with Crippen LogP contribution in [0.5, 0.6) is 0 Å². The Morgan fingerprint density at radius 3 is 2.73 bits per heavy atom. The highest BCUT2D eigenvalue weighted by atomic mass is 35.5. The molecule has 1 saturated heterocycles. The number of nitrogens with zero attached hydrogens (tertiary/aromatic N) is 1. The van der Waals surface area contributed by atoms with Gasteiger partial charge < -0.3 is 10.6 Å². The predicted octanol–water partition coefficient (Wildman–Crippen LogP) is 2.91. The number of rotatable bonds is 3. The van der Waals surface area contributed by atoms with E-state index in [1.165, 1.54) is 0 Å². The predicted molar refractivity (Wildman–Crippen MR) is 84.9 cm³/mol. The van der Waals surface area contributed by atoms with Crippen molar-refractivity contribution in [1.29, 1.82) is 0 Å². The molecule has 0 aliphatic carbocycles. The van der Waals surface area contributed by atoms with E-state index < -0.39 is 11.6 Å². The molecule has 2 N–H and O–H groups in total. The Balaban J connectivity index is 0.00000242. The smallest absolute Gasteiger partial charge is 0.222 e. The van der Waals surface area contributed by atoms with Crippen molar-refractivity contribution >= 4 is 18.3 Å². The summed E-state index contributed by atoms with van der Waals surface area (Å²) in [4.78, 5) is 14.0. The summed E-state index contributed by atoms with van der Waals surface area (Å²) in [7, 11) is 0. The molecule has 1 fully saturated rings. The molecular weight excluding hydrogens is 310 g/mol. The number of likely N-dealkylation sites (tertiary alicyclic amines) is 1. The Kier molecular flexibility index (Phi) is 6.32. The third kappa shape index (κ3) is 4.40. The van der Waals surface area contributed by atoms with Gasteiger partial charge in [-0.2, -0.15) is 0 Å². The van der Waals surface area contributed by atoms with E-state index in [4.69, 9.17) is 5.73 Å². The molecule has 1 heterocycles. The number of nitrogens with two attached hydrogens (primary N) is 1. The molecule has 1 aromatic rings. The van der Waals surface area contributed by atoms with Gasteiger partial charge in [0.25, 0.3) is 0 Å². The van der Waals surface area contributed by atoms with Gasteiger partial charge in [-0.15, -0.1) is 12.4 Å². The number of halogens is 3. The Morgan fingerprint density at radius 1 is 1.41 bits per heavy atom. The minimum Gasteiger partial charge on any atom is -0.342 e. The Labute approximate surface area is 136 Å². The maximum atomic E-state index is 13.5. The van der Waals surface area contributed by atoms with Crippen LogP contribution in [0.3, 0.4) is 0 Å². The fourth-order valence-electron chi connectivity index (χ4n) is 2.72. The summed E-state index contributed by atoms with van der Waals surface area (Å²) in [5.41, 5.74) is 6.18. The average molecular weight is 333 g/mol. The number of carbonyl (C=O) groups excluding carboxylic acids is 1. The van der Waals surface area contributed by atoms with Gasteiger partial charge in [0.05, 0.1) is 0 Å². The molecule has 1 aliphatic rings. The summed E-state index contributed by atoms with van der Waals surface area (Å²) in [5, 5.41) is 0. The van der Waals surface area contributed by atoms with Crippen LogP contribution in [0.1, 0.15) is 32.3 Å². The summed E-state index contributed by atoms with van der Waals surface area (Å²) in [6, 6.07) is 3.41. The highest BCUT2D eigenvalue weighted by Gasteiger charge is 2.35. The highest BCUT2D eigenvalue weighted by molar-refractivity contribution is 5.85. The first-order valence-corrected chi connectivity index (χ1v) is 7.27. The molecule has 0 saturated carbocycles. The number of benzene rings is 1. The largest absolute Gasteiger partial charge is 0.342 e. The van der Waals surface area contributed by atoms with Gasteiger partial charge in [0.1, 0.15) is 11.6 Å². The number of hydrogen-bond acceptors (Lipinski definition) is 2. The second-order valence-corrected chi connectivity index (χ2v) is 6.43. The number of amides is 1. The molecule has 1 atom stereocenters. The van der Waals surface area contributed by atoms with Crippen molar-refractivity contribution in [2.45, 2.75) is 39.2 Å². The van der Waals surface area contributed by atoms with E-state index >= 15 is 0 Å². The molecule has 22 heavy (non-hydrogen) atoms. The van der Waals surface area contributed by atoms with Gasteiger partial charge in [-0.05, 0) is 42.0 Å². The van der Waals surface area contributed by atoms with Crippen LogP contribution in [-0.4, -0.2) is 29.9 Å². The van der Waals surface area contributed by atoms with Gasteiger partial charge in [-0.25, -0.2) is 8.78 Å². The van der Waals surface area contributed by atoms with Crippen molar-refractivity contribution < 1.29 is 13.6 Å². The van der Waals surface area contributed by atoms with Crippen LogP contribution in [-0.2, 0) is 11.2 Å². The summed E-state index contributed by atoms with van der Waals surface area (Å²) < 4.78 is 26.6. The molecule has 0 spiro atoms. The van der Waals surface area contributed by atoms with E-state index in [1.807, 2.05) is 13.8 Å². The lowest BCUT2D eigenvalue weighted by Gasteiger charge is -2.42. The van der Waals surface area contributed by atoms with Gasteiger partial charge >= 0.3 is 0 Å². The quantitative estimate of drug-likeness (QED) is 0.925. The molecule has 1 aliphatic heterocycles. The van der Waals surface area contributed by atoms with Crippen LogP contribution >= 0.6 is 12.4 Å². The van der Waals surface area contributed by atoms with Crippen molar-refractivity contribution in [3.63, 3.8) is 0 Å². The van der Waals surface area contributed by atoms with Crippen LogP contribution in [0, 0.1) is 17.0 Å². The van der Waals surface area contributed by atoms with Crippen molar-refractivity contribution in [3.05, 3.63) is 35.4 Å². The Hall–Kier alpha value is -1.20. The van der Waals surface area contributed by atoms with Gasteiger partial charge in [0, 0.05) is 25.6 Å². The minimum absolute atomic E-state index is 0. The van der Waals surface area contributed by atoms with E-state index in [2.05, 4.69) is 0 Å². The third-order valence-corrected chi connectivity index (χ3v) is 4.28. The summed E-state index contributed by atoms with van der Waals surface area (Å²) in [5.74, 6) is -0.979.